The number of hydrogen-bond donors (Lipinski definition) is 0. The quantitative estimate of drug-likeness (QED) is 0.797. The van der Waals surface area contributed by atoms with Gasteiger partial charge >= 0.3 is 0 Å². The minimum Gasteiger partial charge on any atom is -0.439 e. The Morgan fingerprint density at radius 2 is 2.00 bits per heavy atom. The molecule has 0 aliphatic heterocycles. The first-order chi connectivity index (χ1) is 9.51. The van der Waals surface area contributed by atoms with Crippen LogP contribution in [0.25, 0.3) is 0 Å². The number of carbonyl (C=O) groups excluding carboxylic acids is 1. The van der Waals surface area contributed by atoms with E-state index in [0.717, 1.165) is 22.1 Å². The highest BCUT2D eigenvalue weighted by molar-refractivity contribution is 9.10. The van der Waals surface area contributed by atoms with Crippen molar-refractivity contribution in [3.8, 4) is 11.6 Å². The molecule has 0 unspecified atom stereocenters. The van der Waals surface area contributed by atoms with E-state index < -0.39 is 0 Å². The molecule has 1 aromatic carbocycles. The molecule has 0 fully saturated rings. The predicted octanol–water partition coefficient (Wildman–Crippen LogP) is 3.82. The van der Waals surface area contributed by atoms with Gasteiger partial charge in [-0.1, -0.05) is 22.0 Å². The van der Waals surface area contributed by atoms with E-state index in [2.05, 4.69) is 20.9 Å². The highest BCUT2D eigenvalue weighted by Gasteiger charge is 2.08. The number of hydrogen-bond acceptors (Lipinski definition) is 4. The Hall–Kier alpha value is -1.88. The molecule has 0 atom stereocenters. The predicted molar refractivity (Wildman–Crippen MR) is 82.9 cm³/mol. The molecular weight excluding hydrogens is 320 g/mol. The van der Waals surface area contributed by atoms with Crippen LogP contribution in [-0.4, -0.2) is 25.4 Å². The highest BCUT2D eigenvalue weighted by Crippen LogP contribution is 2.28. The molecule has 0 aliphatic rings. The lowest BCUT2D eigenvalue weighted by atomic mass is 10.2. The van der Waals surface area contributed by atoms with Crippen molar-refractivity contribution in [2.24, 2.45) is 0 Å². The molecule has 1 aromatic heterocycles. The first-order valence-electron chi connectivity index (χ1n) is 6.09. The number of aldehydes is 1. The molecule has 0 amide bonds. The molecule has 0 radical (unpaired) electrons. The van der Waals surface area contributed by atoms with Gasteiger partial charge in [-0.25, -0.2) is 0 Å². The van der Waals surface area contributed by atoms with E-state index >= 15 is 0 Å². The fraction of sp³-hybridized carbons (Fsp3) is 0.200. The Morgan fingerprint density at radius 3 is 2.65 bits per heavy atom. The van der Waals surface area contributed by atoms with E-state index in [-0.39, 0.29) is 0 Å². The van der Waals surface area contributed by atoms with Gasteiger partial charge in [0.25, 0.3) is 0 Å². The fourth-order valence-electron chi connectivity index (χ4n) is 1.64. The van der Waals surface area contributed by atoms with Crippen molar-refractivity contribution in [1.82, 2.24) is 4.98 Å². The summed E-state index contributed by atoms with van der Waals surface area (Å²) >= 11 is 3.31. The van der Waals surface area contributed by atoms with Crippen LogP contribution in [0.15, 0.2) is 34.8 Å². The van der Waals surface area contributed by atoms with E-state index in [1.807, 2.05) is 38.1 Å². The Labute approximate surface area is 126 Å². The molecule has 0 saturated carbocycles. The largest absolute Gasteiger partial charge is 0.439 e. The first-order valence-corrected chi connectivity index (χ1v) is 6.88. The van der Waals surface area contributed by atoms with Crippen LogP contribution < -0.4 is 9.64 Å². The van der Waals surface area contributed by atoms with Gasteiger partial charge in [-0.2, -0.15) is 4.98 Å². The SMILES string of the molecule is Cc1ccc(N(C)C)nc1Oc1ccc(Br)c(C=O)c1. The van der Waals surface area contributed by atoms with Crippen LogP contribution in [0.5, 0.6) is 11.6 Å². The maximum absolute atomic E-state index is 10.9. The molecule has 0 spiro atoms. The zero-order chi connectivity index (χ0) is 14.7. The van der Waals surface area contributed by atoms with Gasteiger partial charge in [-0.05, 0) is 31.2 Å². The van der Waals surface area contributed by atoms with Crippen molar-refractivity contribution in [1.29, 1.82) is 0 Å². The number of aromatic nitrogens is 1. The number of halogens is 1. The first kappa shape index (κ1) is 14.5. The standard InChI is InChI=1S/C15H15BrN2O2/c1-10-4-7-14(18(2)3)17-15(10)20-12-5-6-13(16)11(8-12)9-19/h4-9H,1-3H3. The number of benzene rings is 1. The lowest BCUT2D eigenvalue weighted by Crippen LogP contribution is -2.11. The van der Waals surface area contributed by atoms with Gasteiger partial charge in [0, 0.05) is 29.7 Å². The van der Waals surface area contributed by atoms with Crippen LogP contribution >= 0.6 is 15.9 Å². The maximum Gasteiger partial charge on any atom is 0.224 e. The number of aryl methyl sites for hydroxylation is 1. The summed E-state index contributed by atoms with van der Waals surface area (Å²) in [4.78, 5) is 17.3. The van der Waals surface area contributed by atoms with Crippen molar-refractivity contribution in [2.75, 3.05) is 19.0 Å². The van der Waals surface area contributed by atoms with Crippen LogP contribution in [0, 0.1) is 6.92 Å². The third kappa shape index (κ3) is 3.17. The van der Waals surface area contributed by atoms with Gasteiger partial charge in [-0.15, -0.1) is 0 Å². The average Bonchev–Trinajstić information content (AvgIpc) is 2.43. The second-order valence-corrected chi connectivity index (χ2v) is 5.44. The molecule has 2 aromatic rings. The van der Waals surface area contributed by atoms with Gasteiger partial charge in [0.2, 0.25) is 5.88 Å². The fourth-order valence-corrected chi connectivity index (χ4v) is 1.98. The molecule has 2 rings (SSSR count). The lowest BCUT2D eigenvalue weighted by Gasteiger charge is -2.14. The second-order valence-electron chi connectivity index (χ2n) is 4.59. The number of anilines is 1. The molecule has 1 heterocycles. The van der Waals surface area contributed by atoms with Gasteiger partial charge in [0.15, 0.2) is 6.29 Å². The zero-order valence-corrected chi connectivity index (χ0v) is 13.1. The number of ether oxygens (including phenoxy) is 1. The molecule has 0 bridgehead atoms. The van der Waals surface area contributed by atoms with Gasteiger partial charge in [0.1, 0.15) is 11.6 Å². The summed E-state index contributed by atoms with van der Waals surface area (Å²) in [6.07, 6.45) is 0.785. The molecular formula is C15H15BrN2O2. The normalized spacial score (nSPS) is 10.2. The minimum atomic E-state index is 0.537. The van der Waals surface area contributed by atoms with E-state index in [1.54, 1.807) is 18.2 Å². The molecule has 20 heavy (non-hydrogen) atoms. The summed E-state index contributed by atoms with van der Waals surface area (Å²) in [5.41, 5.74) is 1.48. The molecule has 104 valence electrons. The molecule has 5 heteroatoms. The Kier molecular flexibility index (Phi) is 4.39. The average molecular weight is 335 g/mol. The smallest absolute Gasteiger partial charge is 0.224 e. The van der Waals surface area contributed by atoms with Crippen molar-refractivity contribution in [3.63, 3.8) is 0 Å². The zero-order valence-electron chi connectivity index (χ0n) is 11.6. The van der Waals surface area contributed by atoms with Crippen LogP contribution in [0.4, 0.5) is 5.82 Å². The van der Waals surface area contributed by atoms with Gasteiger partial charge < -0.3 is 9.64 Å². The van der Waals surface area contributed by atoms with Crippen LogP contribution in [0.2, 0.25) is 0 Å². The summed E-state index contributed by atoms with van der Waals surface area (Å²) in [6.45, 7) is 1.93. The van der Waals surface area contributed by atoms with Crippen molar-refractivity contribution in [3.05, 3.63) is 45.9 Å². The topological polar surface area (TPSA) is 42.4 Å². The van der Waals surface area contributed by atoms with E-state index in [9.17, 15) is 4.79 Å². The number of rotatable bonds is 4. The Morgan fingerprint density at radius 1 is 1.25 bits per heavy atom. The van der Waals surface area contributed by atoms with E-state index in [4.69, 9.17) is 4.74 Å². The monoisotopic (exact) mass is 334 g/mol. The number of nitrogens with zero attached hydrogens (tertiary/aromatic N) is 2. The molecule has 4 nitrogen and oxygen atoms in total. The van der Waals surface area contributed by atoms with Crippen LogP contribution in [0.3, 0.4) is 0 Å². The maximum atomic E-state index is 10.9. The summed E-state index contributed by atoms with van der Waals surface area (Å²) in [5.74, 6) is 1.94. The molecule has 0 saturated heterocycles. The van der Waals surface area contributed by atoms with E-state index in [1.165, 1.54) is 0 Å². The highest BCUT2D eigenvalue weighted by atomic mass is 79.9. The van der Waals surface area contributed by atoms with Crippen LogP contribution in [-0.2, 0) is 0 Å². The minimum absolute atomic E-state index is 0.537. The summed E-state index contributed by atoms with van der Waals surface area (Å²) in [5, 5.41) is 0. The summed E-state index contributed by atoms with van der Waals surface area (Å²) < 4.78 is 6.52. The lowest BCUT2D eigenvalue weighted by molar-refractivity contribution is 0.112. The molecule has 0 aliphatic carbocycles. The summed E-state index contributed by atoms with van der Waals surface area (Å²) in [6, 6.07) is 9.14. The molecule has 0 N–H and O–H groups in total. The van der Waals surface area contributed by atoms with E-state index in [0.29, 0.717) is 17.2 Å². The van der Waals surface area contributed by atoms with Crippen LogP contribution in [0.1, 0.15) is 15.9 Å². The van der Waals surface area contributed by atoms with Gasteiger partial charge in [-0.3, -0.25) is 4.79 Å². The summed E-state index contributed by atoms with van der Waals surface area (Å²) in [7, 11) is 3.84. The van der Waals surface area contributed by atoms with Crippen molar-refractivity contribution < 1.29 is 9.53 Å². The van der Waals surface area contributed by atoms with Gasteiger partial charge in [0.05, 0.1) is 0 Å². The second kappa shape index (κ2) is 6.05. The van der Waals surface area contributed by atoms with Crippen molar-refractivity contribution in [2.45, 2.75) is 6.92 Å². The number of pyridine rings is 1. The Balaban J connectivity index is 2.34. The van der Waals surface area contributed by atoms with Crippen molar-refractivity contribution >= 4 is 28.0 Å². The number of carbonyl (C=O) groups is 1. The Bertz CT molecular complexity index is 642. The third-order valence-corrected chi connectivity index (χ3v) is 3.53. The third-order valence-electron chi connectivity index (χ3n) is 2.80.